The molecule has 6 nitrogen and oxygen atoms in total. The fraction of sp³-hybridized carbons (Fsp3) is 0.533. The number of likely N-dealkylation sites (tertiary alicyclic amines) is 1. The van der Waals surface area contributed by atoms with E-state index in [0.717, 1.165) is 12.8 Å². The summed E-state index contributed by atoms with van der Waals surface area (Å²) in [6.45, 7) is 3.60. The lowest BCUT2D eigenvalue weighted by Gasteiger charge is -2.24. The molecule has 0 spiro atoms. The Morgan fingerprint density at radius 3 is 2.45 bits per heavy atom. The van der Waals surface area contributed by atoms with Crippen molar-refractivity contribution in [2.45, 2.75) is 32.2 Å². The van der Waals surface area contributed by atoms with Gasteiger partial charge in [0.05, 0.1) is 0 Å². The Balaban J connectivity index is 2.20. The lowest BCUT2D eigenvalue weighted by Crippen LogP contribution is -2.46. The van der Waals surface area contributed by atoms with Crippen LogP contribution in [0.15, 0.2) is 30.3 Å². The first-order valence-electron chi connectivity index (χ1n) is 7.64. The number of hydrogen-bond acceptors (Lipinski definition) is 3. The van der Waals surface area contributed by atoms with E-state index in [4.69, 9.17) is 0 Å². The van der Waals surface area contributed by atoms with Crippen molar-refractivity contribution in [3.05, 3.63) is 35.9 Å². The molecule has 1 aromatic rings. The second-order valence-corrected chi connectivity index (χ2v) is 6.92. The number of carbonyl (C=O) groups is 1. The Labute approximate surface area is 132 Å². The highest BCUT2D eigenvalue weighted by Gasteiger charge is 2.30. The summed E-state index contributed by atoms with van der Waals surface area (Å²) < 4.78 is 29.1. The minimum atomic E-state index is -3.71. The summed E-state index contributed by atoms with van der Waals surface area (Å²) in [7, 11) is -3.71. The lowest BCUT2D eigenvalue weighted by atomic mass is 10.1. The summed E-state index contributed by atoms with van der Waals surface area (Å²) in [5.74, 6) is -0.189. The molecule has 1 unspecified atom stereocenters. The maximum atomic E-state index is 12.7. The molecule has 1 atom stereocenters. The van der Waals surface area contributed by atoms with Gasteiger partial charge in [0, 0.05) is 19.6 Å². The predicted octanol–water partition coefficient (Wildman–Crippen LogP) is 1.18. The van der Waals surface area contributed by atoms with Crippen LogP contribution in [0.4, 0.5) is 0 Å². The third-order valence-electron chi connectivity index (χ3n) is 3.61. The van der Waals surface area contributed by atoms with E-state index in [1.807, 2.05) is 13.0 Å². The Morgan fingerprint density at radius 1 is 1.23 bits per heavy atom. The molecule has 0 bridgehead atoms. The number of benzene rings is 1. The highest BCUT2D eigenvalue weighted by atomic mass is 32.2. The van der Waals surface area contributed by atoms with E-state index in [9.17, 15) is 13.2 Å². The maximum Gasteiger partial charge on any atom is 0.277 e. The fourth-order valence-electron chi connectivity index (χ4n) is 2.46. The second kappa shape index (κ2) is 7.71. The SMILES string of the molecule is CCCNS(=O)(=O)NC(C(=O)N1CCCC1)c1ccccc1. The van der Waals surface area contributed by atoms with Crippen LogP contribution in [0.5, 0.6) is 0 Å². The van der Waals surface area contributed by atoms with Crippen molar-refractivity contribution in [3.8, 4) is 0 Å². The molecule has 0 radical (unpaired) electrons. The molecular weight excluding hydrogens is 302 g/mol. The predicted molar refractivity (Wildman–Crippen MR) is 85.3 cm³/mol. The maximum absolute atomic E-state index is 12.7. The average molecular weight is 325 g/mol. The van der Waals surface area contributed by atoms with Crippen LogP contribution in [0.1, 0.15) is 37.8 Å². The zero-order valence-corrected chi connectivity index (χ0v) is 13.6. The Bertz CT molecular complexity index is 583. The second-order valence-electron chi connectivity index (χ2n) is 5.39. The van der Waals surface area contributed by atoms with E-state index in [2.05, 4.69) is 9.44 Å². The monoisotopic (exact) mass is 325 g/mol. The molecule has 1 amide bonds. The van der Waals surface area contributed by atoms with E-state index in [1.165, 1.54) is 0 Å². The van der Waals surface area contributed by atoms with Gasteiger partial charge in [0.2, 0.25) is 5.91 Å². The number of rotatable bonds is 7. The van der Waals surface area contributed by atoms with Gasteiger partial charge in [-0.15, -0.1) is 0 Å². The van der Waals surface area contributed by atoms with Gasteiger partial charge in [-0.3, -0.25) is 4.79 Å². The molecule has 1 heterocycles. The Kier molecular flexibility index (Phi) is 5.93. The summed E-state index contributed by atoms with van der Waals surface area (Å²) in [5, 5.41) is 0. The van der Waals surface area contributed by atoms with E-state index >= 15 is 0 Å². The van der Waals surface area contributed by atoms with Gasteiger partial charge >= 0.3 is 0 Å². The van der Waals surface area contributed by atoms with E-state index in [1.54, 1.807) is 29.2 Å². The van der Waals surface area contributed by atoms with E-state index in [-0.39, 0.29) is 5.91 Å². The number of hydrogen-bond donors (Lipinski definition) is 2. The summed E-state index contributed by atoms with van der Waals surface area (Å²) >= 11 is 0. The number of nitrogens with zero attached hydrogens (tertiary/aromatic N) is 1. The molecule has 1 fully saturated rings. The summed E-state index contributed by atoms with van der Waals surface area (Å²) in [6.07, 6.45) is 2.62. The molecule has 2 rings (SSSR count). The quantitative estimate of drug-likeness (QED) is 0.790. The van der Waals surface area contributed by atoms with E-state index in [0.29, 0.717) is 31.6 Å². The van der Waals surface area contributed by atoms with Gasteiger partial charge in [-0.1, -0.05) is 37.3 Å². The standard InChI is InChI=1S/C15H23N3O3S/c1-2-10-16-22(20,21)17-14(13-8-4-3-5-9-13)15(19)18-11-6-7-12-18/h3-5,8-9,14,16-17H,2,6-7,10-12H2,1H3. The molecule has 22 heavy (non-hydrogen) atoms. The summed E-state index contributed by atoms with van der Waals surface area (Å²) in [6, 6.07) is 8.08. The molecule has 1 aliphatic heterocycles. The van der Waals surface area contributed by atoms with Gasteiger partial charge in [-0.2, -0.15) is 13.1 Å². The van der Waals surface area contributed by atoms with Gasteiger partial charge in [-0.25, -0.2) is 4.72 Å². The first-order chi connectivity index (χ1) is 10.5. The van der Waals surface area contributed by atoms with Crippen LogP contribution in [0, 0.1) is 0 Å². The molecule has 122 valence electrons. The topological polar surface area (TPSA) is 78.5 Å². The number of carbonyl (C=O) groups excluding carboxylic acids is 1. The molecule has 0 saturated carbocycles. The molecule has 1 aromatic carbocycles. The van der Waals surface area contributed by atoms with Gasteiger partial charge in [0.25, 0.3) is 10.2 Å². The number of nitrogens with one attached hydrogen (secondary N) is 2. The van der Waals surface area contributed by atoms with Crippen LogP contribution in [-0.4, -0.2) is 38.9 Å². The molecule has 0 aromatic heterocycles. The van der Waals surface area contributed by atoms with Gasteiger partial charge in [0.1, 0.15) is 6.04 Å². The van der Waals surface area contributed by atoms with Crippen molar-refractivity contribution in [3.63, 3.8) is 0 Å². The molecule has 1 saturated heterocycles. The molecule has 1 aliphatic rings. The van der Waals surface area contributed by atoms with Gasteiger partial charge in [0.15, 0.2) is 0 Å². The van der Waals surface area contributed by atoms with Crippen LogP contribution < -0.4 is 9.44 Å². The average Bonchev–Trinajstić information content (AvgIpc) is 3.05. The van der Waals surface area contributed by atoms with Crippen molar-refractivity contribution in [1.29, 1.82) is 0 Å². The first kappa shape index (κ1) is 16.9. The third kappa shape index (κ3) is 4.53. The summed E-state index contributed by atoms with van der Waals surface area (Å²) in [5.41, 5.74) is 0.654. The Morgan fingerprint density at radius 2 is 1.86 bits per heavy atom. The van der Waals surface area contributed by atoms with Crippen LogP contribution in [-0.2, 0) is 15.0 Å². The van der Waals surface area contributed by atoms with Gasteiger partial charge < -0.3 is 4.90 Å². The number of amides is 1. The smallest absolute Gasteiger partial charge is 0.277 e. The first-order valence-corrected chi connectivity index (χ1v) is 9.12. The molecule has 2 N–H and O–H groups in total. The van der Waals surface area contributed by atoms with Crippen LogP contribution in [0.2, 0.25) is 0 Å². The van der Waals surface area contributed by atoms with Crippen LogP contribution in [0.25, 0.3) is 0 Å². The van der Waals surface area contributed by atoms with Crippen molar-refractivity contribution < 1.29 is 13.2 Å². The largest absolute Gasteiger partial charge is 0.341 e. The van der Waals surface area contributed by atoms with E-state index < -0.39 is 16.3 Å². The lowest BCUT2D eigenvalue weighted by molar-refractivity contribution is -0.132. The third-order valence-corrected chi connectivity index (χ3v) is 4.74. The van der Waals surface area contributed by atoms with Gasteiger partial charge in [-0.05, 0) is 24.8 Å². The van der Waals surface area contributed by atoms with Crippen LogP contribution in [0.3, 0.4) is 0 Å². The normalized spacial score (nSPS) is 16.7. The fourth-order valence-corrected chi connectivity index (χ4v) is 3.56. The highest BCUT2D eigenvalue weighted by molar-refractivity contribution is 7.87. The highest BCUT2D eigenvalue weighted by Crippen LogP contribution is 2.19. The van der Waals surface area contributed by atoms with Crippen LogP contribution >= 0.6 is 0 Å². The van der Waals surface area contributed by atoms with Crippen molar-refractivity contribution >= 4 is 16.1 Å². The zero-order chi connectivity index (χ0) is 16.0. The van der Waals surface area contributed by atoms with Crippen molar-refractivity contribution in [2.24, 2.45) is 0 Å². The minimum Gasteiger partial charge on any atom is -0.341 e. The van der Waals surface area contributed by atoms with Crippen molar-refractivity contribution in [2.75, 3.05) is 19.6 Å². The molecular formula is C15H23N3O3S. The van der Waals surface area contributed by atoms with Crippen molar-refractivity contribution in [1.82, 2.24) is 14.3 Å². The molecule has 0 aliphatic carbocycles. The minimum absolute atomic E-state index is 0.189. The zero-order valence-electron chi connectivity index (χ0n) is 12.8. The molecule has 7 heteroatoms. The Hall–Kier alpha value is -1.44. The summed E-state index contributed by atoms with van der Waals surface area (Å²) in [4.78, 5) is 14.4.